The lowest BCUT2D eigenvalue weighted by atomic mass is 9.79. The first-order chi connectivity index (χ1) is 11.6. The van der Waals surface area contributed by atoms with Crippen LogP contribution in [0.1, 0.15) is 43.4 Å². The molecule has 5 nitrogen and oxygen atoms in total. The van der Waals surface area contributed by atoms with E-state index in [-0.39, 0.29) is 17.6 Å². The van der Waals surface area contributed by atoms with E-state index in [4.69, 9.17) is 4.74 Å². The third-order valence-electron chi connectivity index (χ3n) is 4.59. The Bertz CT molecular complexity index is 699. The molecule has 1 aromatic heterocycles. The van der Waals surface area contributed by atoms with Crippen LogP contribution in [-0.2, 0) is 0 Å². The van der Waals surface area contributed by atoms with Crippen molar-refractivity contribution in [2.75, 3.05) is 7.11 Å². The van der Waals surface area contributed by atoms with Crippen molar-refractivity contribution in [2.45, 2.75) is 37.8 Å². The van der Waals surface area contributed by atoms with E-state index >= 15 is 0 Å². The van der Waals surface area contributed by atoms with E-state index in [1.807, 2.05) is 36.4 Å². The third-order valence-corrected chi connectivity index (χ3v) is 4.59. The van der Waals surface area contributed by atoms with Gasteiger partial charge in [-0.25, -0.2) is 4.79 Å². The van der Waals surface area contributed by atoms with Crippen LogP contribution in [-0.4, -0.2) is 23.7 Å². The molecule has 5 heteroatoms. The predicted octanol–water partition coefficient (Wildman–Crippen LogP) is 3.42. The fourth-order valence-electron chi connectivity index (χ4n) is 3.00. The van der Waals surface area contributed by atoms with Crippen LogP contribution in [0.25, 0.3) is 0 Å². The lowest BCUT2D eigenvalue weighted by Gasteiger charge is -2.39. The summed E-state index contributed by atoms with van der Waals surface area (Å²) in [6, 6.07) is 11.1. The molecule has 2 aromatic rings. The molecule has 0 spiro atoms. The van der Waals surface area contributed by atoms with Gasteiger partial charge in [0.25, 0.3) is 0 Å². The van der Waals surface area contributed by atoms with E-state index in [1.54, 1.807) is 19.5 Å². The number of benzene rings is 1. The summed E-state index contributed by atoms with van der Waals surface area (Å²) in [5.74, 6) is 0.759. The van der Waals surface area contributed by atoms with Crippen LogP contribution in [0.2, 0.25) is 0 Å². The molecule has 2 N–H and O–H groups in total. The summed E-state index contributed by atoms with van der Waals surface area (Å²) in [7, 11) is 1.63. The van der Waals surface area contributed by atoms with E-state index in [0.29, 0.717) is 0 Å². The Morgan fingerprint density at radius 1 is 1.25 bits per heavy atom. The van der Waals surface area contributed by atoms with Gasteiger partial charge >= 0.3 is 6.03 Å². The van der Waals surface area contributed by atoms with Gasteiger partial charge < -0.3 is 15.4 Å². The molecule has 1 aliphatic rings. The van der Waals surface area contributed by atoms with Crippen LogP contribution in [0.15, 0.2) is 48.8 Å². The van der Waals surface area contributed by atoms with Crippen molar-refractivity contribution in [2.24, 2.45) is 0 Å². The highest BCUT2D eigenvalue weighted by molar-refractivity contribution is 5.76. The van der Waals surface area contributed by atoms with Gasteiger partial charge in [-0.2, -0.15) is 0 Å². The average Bonchev–Trinajstić information content (AvgIpc) is 2.59. The molecule has 1 aromatic carbocycles. The molecule has 0 saturated heterocycles. The molecule has 1 fully saturated rings. The van der Waals surface area contributed by atoms with Crippen molar-refractivity contribution in [3.05, 3.63) is 59.9 Å². The highest BCUT2D eigenvalue weighted by Crippen LogP contribution is 2.31. The number of nitrogens with one attached hydrogen (secondary N) is 2. The molecule has 2 amide bonds. The number of urea groups is 1. The lowest BCUT2D eigenvalue weighted by Crippen LogP contribution is -2.54. The Hall–Kier alpha value is -2.56. The van der Waals surface area contributed by atoms with Crippen molar-refractivity contribution in [1.29, 1.82) is 0 Å². The number of hydrogen-bond acceptors (Lipinski definition) is 3. The Kier molecular flexibility index (Phi) is 4.69. The normalized spacial score (nSPS) is 16.6. The molecule has 0 radical (unpaired) electrons. The van der Waals surface area contributed by atoms with E-state index in [0.717, 1.165) is 29.7 Å². The van der Waals surface area contributed by atoms with Gasteiger partial charge in [-0.05, 0) is 55.5 Å². The molecule has 126 valence electrons. The van der Waals surface area contributed by atoms with E-state index < -0.39 is 0 Å². The number of carbonyl (C=O) groups excluding carboxylic acids is 1. The van der Waals surface area contributed by atoms with Gasteiger partial charge in [0.05, 0.1) is 13.2 Å². The Morgan fingerprint density at radius 2 is 2.04 bits per heavy atom. The minimum Gasteiger partial charge on any atom is -0.497 e. The first kappa shape index (κ1) is 16.3. The molecule has 0 unspecified atom stereocenters. The fourth-order valence-corrected chi connectivity index (χ4v) is 3.00. The Morgan fingerprint density at radius 3 is 2.67 bits per heavy atom. The fraction of sp³-hybridized carbons (Fsp3) is 0.368. The van der Waals surface area contributed by atoms with Gasteiger partial charge in [-0.3, -0.25) is 4.98 Å². The topological polar surface area (TPSA) is 63.2 Å². The number of aromatic nitrogens is 1. The van der Waals surface area contributed by atoms with Crippen LogP contribution < -0.4 is 15.4 Å². The number of pyridine rings is 1. The van der Waals surface area contributed by atoms with Gasteiger partial charge in [0.15, 0.2) is 0 Å². The predicted molar refractivity (Wildman–Crippen MR) is 93.0 cm³/mol. The van der Waals surface area contributed by atoms with Crippen molar-refractivity contribution in [3.63, 3.8) is 0 Å². The smallest absolute Gasteiger partial charge is 0.315 e. The highest BCUT2D eigenvalue weighted by atomic mass is 16.5. The minimum atomic E-state index is -0.280. The monoisotopic (exact) mass is 325 g/mol. The number of rotatable bonds is 5. The van der Waals surface area contributed by atoms with Gasteiger partial charge in [-0.15, -0.1) is 0 Å². The first-order valence-corrected chi connectivity index (χ1v) is 8.22. The van der Waals surface area contributed by atoms with E-state index in [9.17, 15) is 4.79 Å². The summed E-state index contributed by atoms with van der Waals surface area (Å²) in [5, 5.41) is 6.17. The van der Waals surface area contributed by atoms with Gasteiger partial charge in [0.2, 0.25) is 0 Å². The molecular weight excluding hydrogens is 302 g/mol. The molecule has 1 heterocycles. The maximum atomic E-state index is 12.5. The highest BCUT2D eigenvalue weighted by Gasteiger charge is 2.33. The summed E-state index contributed by atoms with van der Waals surface area (Å²) < 4.78 is 5.31. The van der Waals surface area contributed by atoms with E-state index in [1.165, 1.54) is 6.42 Å². The lowest BCUT2D eigenvalue weighted by molar-refractivity contribution is 0.190. The van der Waals surface area contributed by atoms with Crippen molar-refractivity contribution >= 4 is 6.03 Å². The Labute approximate surface area is 142 Å². The number of methoxy groups -OCH3 is 1. The van der Waals surface area contributed by atoms with Crippen LogP contribution in [0.4, 0.5) is 4.79 Å². The van der Waals surface area contributed by atoms with Gasteiger partial charge in [-0.1, -0.05) is 18.2 Å². The molecule has 0 bridgehead atoms. The van der Waals surface area contributed by atoms with Crippen molar-refractivity contribution < 1.29 is 9.53 Å². The quantitative estimate of drug-likeness (QED) is 0.885. The molecule has 0 aliphatic heterocycles. The van der Waals surface area contributed by atoms with Crippen molar-refractivity contribution in [3.8, 4) is 5.75 Å². The number of nitrogens with zero attached hydrogens (tertiary/aromatic N) is 1. The number of ether oxygens (including phenoxy) is 1. The van der Waals surface area contributed by atoms with Gasteiger partial charge in [0.1, 0.15) is 5.75 Å². The number of hydrogen-bond donors (Lipinski definition) is 2. The van der Waals surface area contributed by atoms with Crippen LogP contribution >= 0.6 is 0 Å². The van der Waals surface area contributed by atoms with Crippen LogP contribution in [0.3, 0.4) is 0 Å². The molecule has 3 rings (SSSR count). The summed E-state index contributed by atoms with van der Waals surface area (Å²) in [5.41, 5.74) is 1.80. The molecular formula is C19H23N3O2. The summed E-state index contributed by atoms with van der Waals surface area (Å²) in [4.78, 5) is 16.7. The molecule has 24 heavy (non-hydrogen) atoms. The minimum absolute atomic E-state index is 0.0854. The first-order valence-electron chi connectivity index (χ1n) is 8.22. The average molecular weight is 325 g/mol. The second-order valence-electron chi connectivity index (χ2n) is 6.51. The zero-order valence-electron chi connectivity index (χ0n) is 14.1. The van der Waals surface area contributed by atoms with Crippen molar-refractivity contribution in [1.82, 2.24) is 15.6 Å². The zero-order chi connectivity index (χ0) is 17.0. The second-order valence-corrected chi connectivity index (χ2v) is 6.51. The molecule has 1 aliphatic carbocycles. The second kappa shape index (κ2) is 6.91. The molecule has 1 atom stereocenters. The summed E-state index contributed by atoms with van der Waals surface area (Å²) in [6.45, 7) is 2.08. The Balaban J connectivity index is 1.83. The van der Waals surface area contributed by atoms with Gasteiger partial charge in [0, 0.05) is 17.9 Å². The maximum absolute atomic E-state index is 12.5. The largest absolute Gasteiger partial charge is 0.497 e. The third kappa shape index (κ3) is 3.67. The summed E-state index contributed by atoms with van der Waals surface area (Å²) in [6.07, 6.45) is 6.71. The molecule has 1 saturated carbocycles. The van der Waals surface area contributed by atoms with Crippen LogP contribution in [0.5, 0.6) is 5.75 Å². The maximum Gasteiger partial charge on any atom is 0.315 e. The number of amides is 2. The number of carbonyl (C=O) groups is 1. The zero-order valence-corrected chi connectivity index (χ0v) is 14.1. The standard InChI is InChI=1S/C19H23N3O2/c1-19(9-5-10-19)22-18(23)21-17(15-7-4-11-20-13-15)14-6-3-8-16(12-14)24-2/h3-4,6-8,11-13,17H,5,9-10H2,1-2H3,(H2,21,22,23)/t17-/m1/s1. The SMILES string of the molecule is COc1cccc([C@@H](NC(=O)NC2(C)CCC2)c2cccnc2)c1. The van der Waals surface area contributed by atoms with Crippen LogP contribution in [0, 0.1) is 0 Å². The summed E-state index contributed by atoms with van der Waals surface area (Å²) >= 11 is 0. The van der Waals surface area contributed by atoms with E-state index in [2.05, 4.69) is 22.5 Å².